The zero-order chi connectivity index (χ0) is 6.43. The molecule has 0 radical (unpaired) electrons. The van der Waals surface area contributed by atoms with Crippen molar-refractivity contribution in [2.24, 2.45) is 5.92 Å². The van der Waals surface area contributed by atoms with Crippen molar-refractivity contribution in [3.63, 3.8) is 0 Å². The molecule has 1 aliphatic heterocycles. The second-order valence-corrected chi connectivity index (χ2v) is 2.79. The predicted octanol–water partition coefficient (Wildman–Crippen LogP) is -0.873. The molecular formula is C6H10O3. The summed E-state index contributed by atoms with van der Waals surface area (Å²) in [6, 6.07) is 0. The van der Waals surface area contributed by atoms with Crippen molar-refractivity contribution in [3.05, 3.63) is 0 Å². The highest BCUT2D eigenvalue weighted by Gasteiger charge is 2.54. The van der Waals surface area contributed by atoms with E-state index in [0.29, 0.717) is 5.92 Å². The van der Waals surface area contributed by atoms with Crippen molar-refractivity contribution in [3.8, 4) is 0 Å². The van der Waals surface area contributed by atoms with Gasteiger partial charge in [-0.15, -0.1) is 0 Å². The molecular weight excluding hydrogens is 120 g/mol. The minimum absolute atomic E-state index is 0.0475. The Bertz CT molecular complexity index is 125. The van der Waals surface area contributed by atoms with E-state index in [9.17, 15) is 5.11 Å². The van der Waals surface area contributed by atoms with Crippen LogP contribution >= 0.6 is 0 Å². The van der Waals surface area contributed by atoms with Gasteiger partial charge in [-0.3, -0.25) is 0 Å². The molecule has 0 amide bonds. The van der Waals surface area contributed by atoms with Gasteiger partial charge in [0.25, 0.3) is 0 Å². The molecule has 0 aromatic rings. The first-order chi connectivity index (χ1) is 4.33. The molecule has 0 aromatic carbocycles. The van der Waals surface area contributed by atoms with Crippen LogP contribution in [0.3, 0.4) is 0 Å². The Hall–Kier alpha value is -0.120. The average Bonchev–Trinajstić information content (AvgIpc) is 2.55. The zero-order valence-corrected chi connectivity index (χ0v) is 5.03. The summed E-state index contributed by atoms with van der Waals surface area (Å²) >= 11 is 0. The lowest BCUT2D eigenvalue weighted by molar-refractivity contribution is -0.0273. The fourth-order valence-corrected chi connectivity index (χ4v) is 1.44. The maximum atomic E-state index is 9.21. The van der Waals surface area contributed by atoms with Crippen LogP contribution in [0, 0.1) is 5.92 Å². The van der Waals surface area contributed by atoms with Crippen LogP contribution < -0.4 is 0 Å². The molecule has 0 bridgehead atoms. The highest BCUT2D eigenvalue weighted by atomic mass is 16.5. The first-order valence-electron chi connectivity index (χ1n) is 3.27. The zero-order valence-electron chi connectivity index (χ0n) is 5.03. The van der Waals surface area contributed by atoms with Gasteiger partial charge < -0.3 is 14.9 Å². The molecule has 2 unspecified atom stereocenters. The van der Waals surface area contributed by atoms with Gasteiger partial charge in [0.05, 0.1) is 18.8 Å². The van der Waals surface area contributed by atoms with E-state index in [1.807, 2.05) is 0 Å². The van der Waals surface area contributed by atoms with Crippen LogP contribution in [0.4, 0.5) is 0 Å². The average molecular weight is 130 g/mol. The van der Waals surface area contributed by atoms with Crippen LogP contribution in [0.5, 0.6) is 0 Å². The minimum Gasteiger partial charge on any atom is -0.394 e. The molecule has 2 N–H and O–H groups in total. The Morgan fingerprint density at radius 3 is 2.67 bits per heavy atom. The van der Waals surface area contributed by atoms with Crippen LogP contribution in [0.2, 0.25) is 0 Å². The molecule has 0 spiro atoms. The Labute approximate surface area is 53.3 Å². The fourth-order valence-electron chi connectivity index (χ4n) is 1.44. The van der Waals surface area contributed by atoms with Crippen LogP contribution in [0.15, 0.2) is 0 Å². The monoisotopic (exact) mass is 130 g/mol. The van der Waals surface area contributed by atoms with Gasteiger partial charge in [-0.2, -0.15) is 0 Å². The van der Waals surface area contributed by atoms with Gasteiger partial charge in [0.2, 0.25) is 0 Å². The van der Waals surface area contributed by atoms with Gasteiger partial charge in [0.15, 0.2) is 0 Å². The van der Waals surface area contributed by atoms with Crippen molar-refractivity contribution in [2.75, 3.05) is 6.61 Å². The SMILES string of the molecule is OC[C@H]1O[C@H]2CC2C1O. The molecule has 1 heterocycles. The maximum Gasteiger partial charge on any atom is 0.107 e. The fraction of sp³-hybridized carbons (Fsp3) is 1.00. The molecule has 52 valence electrons. The van der Waals surface area contributed by atoms with Gasteiger partial charge in [-0.05, 0) is 6.42 Å². The summed E-state index contributed by atoms with van der Waals surface area (Å²) < 4.78 is 5.20. The Morgan fingerprint density at radius 1 is 1.56 bits per heavy atom. The standard InChI is InChI=1S/C6H10O3/c7-2-5-6(8)3-1-4(3)9-5/h3-8H,1-2H2/t3?,4-,5+,6?/m0/s1. The highest BCUT2D eigenvalue weighted by Crippen LogP contribution is 2.45. The van der Waals surface area contributed by atoms with Crippen LogP contribution in [-0.2, 0) is 4.74 Å². The van der Waals surface area contributed by atoms with E-state index in [-0.39, 0.29) is 18.8 Å². The Kier molecular flexibility index (Phi) is 1.06. The minimum atomic E-state index is -0.403. The maximum absolute atomic E-state index is 9.21. The van der Waals surface area contributed by atoms with E-state index in [1.165, 1.54) is 0 Å². The normalized spacial score (nSPS) is 55.3. The molecule has 3 heteroatoms. The molecule has 1 saturated carbocycles. The molecule has 0 aromatic heterocycles. The molecule has 9 heavy (non-hydrogen) atoms. The number of hydrogen-bond acceptors (Lipinski definition) is 3. The number of fused-ring (bicyclic) bond motifs is 1. The van der Waals surface area contributed by atoms with Crippen molar-refractivity contribution in [1.82, 2.24) is 0 Å². The van der Waals surface area contributed by atoms with Crippen molar-refractivity contribution >= 4 is 0 Å². The first kappa shape index (κ1) is 5.65. The third-order valence-corrected chi connectivity index (χ3v) is 2.13. The van der Waals surface area contributed by atoms with Crippen molar-refractivity contribution in [1.29, 1.82) is 0 Å². The molecule has 2 fully saturated rings. The number of rotatable bonds is 1. The Morgan fingerprint density at radius 2 is 2.33 bits per heavy atom. The van der Waals surface area contributed by atoms with Crippen LogP contribution in [0.25, 0.3) is 0 Å². The summed E-state index contributed by atoms with van der Waals surface area (Å²) in [5.41, 5.74) is 0. The summed E-state index contributed by atoms with van der Waals surface area (Å²) in [5.74, 6) is 0.335. The highest BCUT2D eigenvalue weighted by molar-refractivity contribution is 5.02. The predicted molar refractivity (Wildman–Crippen MR) is 29.9 cm³/mol. The van der Waals surface area contributed by atoms with Crippen LogP contribution in [0.1, 0.15) is 6.42 Å². The second-order valence-electron chi connectivity index (χ2n) is 2.79. The van der Waals surface area contributed by atoms with Gasteiger partial charge in [0.1, 0.15) is 6.10 Å². The molecule has 4 atom stereocenters. The summed E-state index contributed by atoms with van der Waals surface area (Å²) in [7, 11) is 0. The summed E-state index contributed by atoms with van der Waals surface area (Å²) in [4.78, 5) is 0. The van der Waals surface area contributed by atoms with Crippen molar-refractivity contribution in [2.45, 2.75) is 24.7 Å². The molecule has 2 aliphatic rings. The van der Waals surface area contributed by atoms with E-state index >= 15 is 0 Å². The van der Waals surface area contributed by atoms with E-state index in [1.54, 1.807) is 0 Å². The van der Waals surface area contributed by atoms with Gasteiger partial charge >= 0.3 is 0 Å². The largest absolute Gasteiger partial charge is 0.394 e. The summed E-state index contributed by atoms with van der Waals surface area (Å²) in [6.07, 6.45) is 0.545. The van der Waals surface area contributed by atoms with Crippen molar-refractivity contribution < 1.29 is 14.9 Å². The second kappa shape index (κ2) is 1.68. The van der Waals surface area contributed by atoms with E-state index in [4.69, 9.17) is 9.84 Å². The van der Waals surface area contributed by atoms with E-state index < -0.39 is 6.10 Å². The molecule has 3 nitrogen and oxygen atoms in total. The summed E-state index contributed by atoms with van der Waals surface area (Å²) in [5, 5.41) is 17.8. The van der Waals surface area contributed by atoms with Gasteiger partial charge in [0, 0.05) is 5.92 Å². The van der Waals surface area contributed by atoms with E-state index in [2.05, 4.69) is 0 Å². The third-order valence-electron chi connectivity index (χ3n) is 2.13. The van der Waals surface area contributed by atoms with Gasteiger partial charge in [-0.1, -0.05) is 0 Å². The quantitative estimate of drug-likeness (QED) is 0.485. The lowest BCUT2D eigenvalue weighted by Crippen LogP contribution is -2.28. The third kappa shape index (κ3) is 0.689. The smallest absolute Gasteiger partial charge is 0.107 e. The van der Waals surface area contributed by atoms with E-state index in [0.717, 1.165) is 6.42 Å². The molecule has 1 aliphatic carbocycles. The van der Waals surface area contributed by atoms with Crippen LogP contribution in [-0.4, -0.2) is 35.1 Å². The number of ether oxygens (including phenoxy) is 1. The topological polar surface area (TPSA) is 49.7 Å². The molecule has 2 rings (SSSR count). The Balaban J connectivity index is 1.99. The number of aliphatic hydroxyl groups is 2. The summed E-state index contributed by atoms with van der Waals surface area (Å²) in [6.45, 7) is -0.0475. The number of hydrogen-bond donors (Lipinski definition) is 2. The molecule has 1 saturated heterocycles. The lowest BCUT2D eigenvalue weighted by Gasteiger charge is -2.12. The lowest BCUT2D eigenvalue weighted by atomic mass is 10.1. The first-order valence-corrected chi connectivity index (χ1v) is 3.27. The number of aliphatic hydroxyl groups excluding tert-OH is 2. The van der Waals surface area contributed by atoms with Gasteiger partial charge in [-0.25, -0.2) is 0 Å².